The number of nitrogens with one attached hydrogen (secondary N) is 2. The molecule has 3 aromatic rings. The number of amides is 4. The molecule has 1 spiro atoms. The van der Waals surface area contributed by atoms with Gasteiger partial charge >= 0.3 is 6.03 Å². The highest BCUT2D eigenvalue weighted by Gasteiger charge is 2.43. The number of para-hydroxylation sites is 1. The zero-order valence-electron chi connectivity index (χ0n) is 26.1. The molecule has 2 N–H and O–H groups in total. The first-order valence-corrected chi connectivity index (χ1v) is 17.8. The van der Waals surface area contributed by atoms with Crippen LogP contribution in [0.15, 0.2) is 53.9 Å². The van der Waals surface area contributed by atoms with Crippen LogP contribution >= 0.6 is 11.3 Å². The van der Waals surface area contributed by atoms with E-state index < -0.39 is 6.04 Å². The van der Waals surface area contributed by atoms with Crippen LogP contribution in [-0.4, -0.2) is 83.9 Å². The van der Waals surface area contributed by atoms with Crippen molar-refractivity contribution in [1.82, 2.24) is 20.0 Å². The number of carbonyl (C=O) groups is 3. The van der Waals surface area contributed by atoms with Gasteiger partial charge in [0, 0.05) is 54.4 Å². The first kappa shape index (κ1) is 30.2. The molecule has 238 valence electrons. The molecule has 3 saturated heterocycles. The van der Waals surface area contributed by atoms with Gasteiger partial charge in [0.2, 0.25) is 11.8 Å². The van der Waals surface area contributed by atoms with Gasteiger partial charge in [0.15, 0.2) is 0 Å². The lowest BCUT2D eigenvalue weighted by molar-refractivity contribution is -0.135. The summed E-state index contributed by atoms with van der Waals surface area (Å²) in [6, 6.07) is 16.3. The Kier molecular flexibility index (Phi) is 8.82. The van der Waals surface area contributed by atoms with E-state index in [2.05, 4.69) is 51.2 Å². The molecule has 4 amide bonds. The summed E-state index contributed by atoms with van der Waals surface area (Å²) in [6.45, 7) is 4.98. The number of nitrogens with zero attached hydrogens (tertiary/aromatic N) is 3. The number of piperidine rings is 3. The largest absolute Gasteiger partial charge is 0.341 e. The molecular weight excluding hydrogens is 582 g/mol. The Bertz CT molecular complexity index is 1530. The van der Waals surface area contributed by atoms with E-state index in [4.69, 9.17) is 0 Å². The highest BCUT2D eigenvalue weighted by atomic mass is 32.1. The van der Waals surface area contributed by atoms with E-state index in [1.54, 1.807) is 11.3 Å². The monoisotopic (exact) mass is 627 g/mol. The minimum Gasteiger partial charge on any atom is -0.341 e. The van der Waals surface area contributed by atoms with Gasteiger partial charge in [-0.2, -0.15) is 0 Å². The van der Waals surface area contributed by atoms with Gasteiger partial charge in [-0.15, -0.1) is 11.3 Å². The number of hydrogen-bond acceptors (Lipinski definition) is 5. The minimum absolute atomic E-state index is 0.0438. The first-order chi connectivity index (χ1) is 22.0. The van der Waals surface area contributed by atoms with E-state index in [1.165, 1.54) is 53.6 Å². The third kappa shape index (κ3) is 6.34. The quantitative estimate of drug-likeness (QED) is 0.364. The third-order valence-electron chi connectivity index (χ3n) is 10.8. The summed E-state index contributed by atoms with van der Waals surface area (Å²) in [4.78, 5) is 46.9. The second-order valence-electron chi connectivity index (χ2n) is 13.5. The molecule has 9 heteroatoms. The SMILES string of the molecule is O=C1CC2(CCN(C(=O)N[C@H](CCc3csc4ccccc34)C(=O)N3CCC(N4CCCCC4)CC3)CC2)c2ccccc2N1. The average Bonchev–Trinajstić information content (AvgIpc) is 3.50. The maximum Gasteiger partial charge on any atom is 0.318 e. The Morgan fingerprint density at radius 1 is 0.911 bits per heavy atom. The van der Waals surface area contributed by atoms with E-state index in [-0.39, 0.29) is 23.3 Å². The number of hydrogen-bond donors (Lipinski definition) is 2. The maximum atomic E-state index is 14.1. The molecular formula is C36H45N5O3S. The molecule has 0 unspecified atom stereocenters. The summed E-state index contributed by atoms with van der Waals surface area (Å²) in [7, 11) is 0. The van der Waals surface area contributed by atoms with Crippen molar-refractivity contribution in [2.45, 2.75) is 81.7 Å². The molecule has 7 rings (SSSR count). The zero-order chi connectivity index (χ0) is 30.8. The van der Waals surface area contributed by atoms with Crippen LogP contribution in [0.4, 0.5) is 10.5 Å². The van der Waals surface area contributed by atoms with Gasteiger partial charge in [0.1, 0.15) is 6.04 Å². The highest BCUT2D eigenvalue weighted by molar-refractivity contribution is 7.17. The molecule has 4 aliphatic rings. The van der Waals surface area contributed by atoms with E-state index in [0.717, 1.165) is 50.9 Å². The Morgan fingerprint density at radius 3 is 2.44 bits per heavy atom. The molecule has 8 nitrogen and oxygen atoms in total. The lowest BCUT2D eigenvalue weighted by Crippen LogP contribution is -2.57. The minimum atomic E-state index is -0.570. The van der Waals surface area contributed by atoms with E-state index in [9.17, 15) is 14.4 Å². The third-order valence-corrected chi connectivity index (χ3v) is 11.8. The van der Waals surface area contributed by atoms with Crippen molar-refractivity contribution in [2.75, 3.05) is 44.6 Å². The van der Waals surface area contributed by atoms with Crippen LogP contribution in [0.25, 0.3) is 10.1 Å². The summed E-state index contributed by atoms with van der Waals surface area (Å²) in [6.07, 6.45) is 9.11. The predicted molar refractivity (Wildman–Crippen MR) is 180 cm³/mol. The summed E-state index contributed by atoms with van der Waals surface area (Å²) in [5, 5.41) is 9.65. The molecule has 1 aromatic heterocycles. The van der Waals surface area contributed by atoms with Crippen molar-refractivity contribution < 1.29 is 14.4 Å². The number of rotatable bonds is 6. The standard InChI is InChI=1S/C36H45N5O3S/c42-33-24-36(29-9-3-4-10-30(29)37-33)16-22-41(23-17-36)35(44)38-31(13-12-26-25-45-32-11-5-2-8-28(26)32)34(43)40-20-14-27(15-21-40)39-18-6-1-7-19-39/h2-5,8-11,25,27,31H,1,6-7,12-24H2,(H,37,42)(H,38,44)/t31-/m1/s1. The zero-order valence-corrected chi connectivity index (χ0v) is 27.0. The van der Waals surface area contributed by atoms with Crippen LogP contribution in [0, 0.1) is 0 Å². The Hall–Kier alpha value is -3.43. The van der Waals surface area contributed by atoms with Crippen molar-refractivity contribution in [1.29, 1.82) is 0 Å². The molecule has 2 aromatic carbocycles. The fourth-order valence-electron chi connectivity index (χ4n) is 8.21. The van der Waals surface area contributed by atoms with Crippen LogP contribution in [0.2, 0.25) is 0 Å². The van der Waals surface area contributed by atoms with Gasteiger partial charge in [-0.3, -0.25) is 9.59 Å². The number of urea groups is 1. The second kappa shape index (κ2) is 13.1. The van der Waals surface area contributed by atoms with Gasteiger partial charge in [-0.05, 0) is 98.5 Å². The fourth-order valence-corrected chi connectivity index (χ4v) is 9.21. The summed E-state index contributed by atoms with van der Waals surface area (Å²) >= 11 is 1.73. The highest BCUT2D eigenvalue weighted by Crippen LogP contribution is 2.45. The van der Waals surface area contributed by atoms with E-state index in [0.29, 0.717) is 32.0 Å². The molecule has 0 aliphatic carbocycles. The van der Waals surface area contributed by atoms with E-state index in [1.807, 2.05) is 28.0 Å². The summed E-state index contributed by atoms with van der Waals surface area (Å²) < 4.78 is 1.25. The Morgan fingerprint density at radius 2 is 1.64 bits per heavy atom. The van der Waals surface area contributed by atoms with Gasteiger partial charge in [0.05, 0.1) is 0 Å². The Balaban J connectivity index is 1.02. The van der Waals surface area contributed by atoms with Crippen molar-refractivity contribution >= 4 is 45.0 Å². The second-order valence-corrected chi connectivity index (χ2v) is 14.4. The summed E-state index contributed by atoms with van der Waals surface area (Å²) in [5.74, 6) is 0.0913. The molecule has 3 fully saturated rings. The maximum absolute atomic E-state index is 14.1. The van der Waals surface area contributed by atoms with Gasteiger partial charge in [0.25, 0.3) is 0 Å². The molecule has 0 bridgehead atoms. The van der Waals surface area contributed by atoms with E-state index >= 15 is 0 Å². The van der Waals surface area contributed by atoms with Crippen LogP contribution in [0.5, 0.6) is 0 Å². The number of thiophene rings is 1. The lowest BCUT2D eigenvalue weighted by Gasteiger charge is -2.45. The van der Waals surface area contributed by atoms with Crippen LogP contribution in [0.1, 0.15) is 68.9 Å². The number of anilines is 1. The molecule has 0 saturated carbocycles. The van der Waals surface area contributed by atoms with Crippen LogP contribution in [-0.2, 0) is 21.4 Å². The van der Waals surface area contributed by atoms with Crippen LogP contribution in [0.3, 0.4) is 0 Å². The van der Waals surface area contributed by atoms with Crippen molar-refractivity contribution in [3.8, 4) is 0 Å². The predicted octanol–water partition coefficient (Wildman–Crippen LogP) is 5.77. The molecule has 0 radical (unpaired) electrons. The normalized spacial score (nSPS) is 21.4. The number of benzene rings is 2. The van der Waals surface area contributed by atoms with Gasteiger partial charge in [-0.25, -0.2) is 4.79 Å². The van der Waals surface area contributed by atoms with Crippen molar-refractivity contribution in [3.63, 3.8) is 0 Å². The molecule has 4 aliphatic heterocycles. The first-order valence-electron chi connectivity index (χ1n) is 16.9. The fraction of sp³-hybridized carbons (Fsp3) is 0.528. The lowest BCUT2D eigenvalue weighted by atomic mass is 9.68. The molecule has 5 heterocycles. The summed E-state index contributed by atoms with van der Waals surface area (Å²) in [5.41, 5.74) is 3.06. The number of aryl methyl sites for hydroxylation is 1. The number of likely N-dealkylation sites (tertiary alicyclic amines) is 3. The van der Waals surface area contributed by atoms with Crippen molar-refractivity contribution in [2.24, 2.45) is 0 Å². The van der Waals surface area contributed by atoms with Crippen LogP contribution < -0.4 is 10.6 Å². The van der Waals surface area contributed by atoms with Gasteiger partial charge in [-0.1, -0.05) is 42.8 Å². The van der Waals surface area contributed by atoms with Gasteiger partial charge < -0.3 is 25.3 Å². The molecule has 1 atom stereocenters. The molecule has 45 heavy (non-hydrogen) atoms. The smallest absolute Gasteiger partial charge is 0.318 e. The topological polar surface area (TPSA) is 85.0 Å². The average molecular weight is 628 g/mol. The van der Waals surface area contributed by atoms with Crippen molar-refractivity contribution in [3.05, 3.63) is 65.0 Å². The number of carbonyl (C=O) groups excluding carboxylic acids is 3. The number of fused-ring (bicyclic) bond motifs is 3. The Labute approximate surface area is 270 Å².